The summed E-state index contributed by atoms with van der Waals surface area (Å²) in [6, 6.07) is 4.19. The van der Waals surface area contributed by atoms with Gasteiger partial charge in [-0.05, 0) is 18.9 Å². The zero-order chi connectivity index (χ0) is 10.3. The number of nitrogens with zero attached hydrogens (tertiary/aromatic N) is 2. The summed E-state index contributed by atoms with van der Waals surface area (Å²) in [6.45, 7) is 1.86. The molecular weight excluding hydrogens is 176 g/mol. The van der Waals surface area contributed by atoms with Crippen molar-refractivity contribution in [3.8, 4) is 12.1 Å². The molecule has 0 bridgehead atoms. The van der Waals surface area contributed by atoms with Crippen LogP contribution in [-0.2, 0) is 4.79 Å². The second-order valence-electron chi connectivity index (χ2n) is 4.08. The number of fused-ring (bicyclic) bond motifs is 1. The Morgan fingerprint density at radius 3 is 2.64 bits per heavy atom. The number of hydrogen-bond donors (Lipinski definition) is 0. The van der Waals surface area contributed by atoms with E-state index in [0.29, 0.717) is 19.3 Å². The summed E-state index contributed by atoms with van der Waals surface area (Å²) in [5, 5.41) is 18.1. The molecule has 0 saturated heterocycles. The van der Waals surface area contributed by atoms with Crippen LogP contribution in [0.1, 0.15) is 26.2 Å². The van der Waals surface area contributed by atoms with E-state index in [1.165, 1.54) is 0 Å². The number of ketones is 1. The lowest BCUT2D eigenvalue weighted by atomic mass is 9.78. The first kappa shape index (κ1) is 8.97. The molecule has 0 aromatic rings. The first-order valence-corrected chi connectivity index (χ1v) is 4.70. The quantitative estimate of drug-likeness (QED) is 0.578. The Labute approximate surface area is 82.6 Å². The van der Waals surface area contributed by atoms with Crippen LogP contribution in [0.5, 0.6) is 0 Å². The number of allylic oxidation sites excluding steroid dienone is 2. The summed E-state index contributed by atoms with van der Waals surface area (Å²) < 4.78 is 0. The molecule has 1 fully saturated rings. The third-order valence-corrected chi connectivity index (χ3v) is 3.31. The number of hydrogen-bond acceptors (Lipinski definition) is 3. The summed E-state index contributed by atoms with van der Waals surface area (Å²) >= 11 is 0. The highest BCUT2D eigenvalue weighted by Gasteiger charge is 2.52. The van der Waals surface area contributed by atoms with Gasteiger partial charge in [0.2, 0.25) is 0 Å². The molecule has 1 atom stereocenters. The smallest absolute Gasteiger partial charge is 0.159 e. The van der Waals surface area contributed by atoms with E-state index in [4.69, 9.17) is 10.5 Å². The van der Waals surface area contributed by atoms with Crippen molar-refractivity contribution in [3.63, 3.8) is 0 Å². The van der Waals surface area contributed by atoms with Crippen molar-refractivity contribution >= 4 is 5.78 Å². The van der Waals surface area contributed by atoms with Gasteiger partial charge in [0.05, 0.1) is 12.1 Å². The van der Waals surface area contributed by atoms with Crippen molar-refractivity contribution in [1.82, 2.24) is 0 Å². The highest BCUT2D eigenvalue weighted by molar-refractivity contribution is 6.00. The van der Waals surface area contributed by atoms with Crippen molar-refractivity contribution in [2.75, 3.05) is 0 Å². The molecule has 0 aromatic carbocycles. The molecule has 0 spiro atoms. The fourth-order valence-electron chi connectivity index (χ4n) is 2.67. The Kier molecular flexibility index (Phi) is 1.72. The van der Waals surface area contributed by atoms with E-state index in [9.17, 15) is 4.79 Å². The van der Waals surface area contributed by atoms with Crippen LogP contribution in [0, 0.1) is 34.0 Å². The van der Waals surface area contributed by atoms with Gasteiger partial charge in [0, 0.05) is 18.8 Å². The third kappa shape index (κ3) is 0.873. The van der Waals surface area contributed by atoms with Gasteiger partial charge in [-0.15, -0.1) is 0 Å². The standard InChI is InChI=1S/C11H10N2O/c1-7-4-11(5-12,6-13)8-2-3-9(14)10(7)8/h8H,2-4H2,1H3/t8-/m0/s1. The maximum absolute atomic E-state index is 11.5. The van der Waals surface area contributed by atoms with Gasteiger partial charge in [-0.25, -0.2) is 0 Å². The van der Waals surface area contributed by atoms with E-state index in [0.717, 1.165) is 11.1 Å². The zero-order valence-corrected chi connectivity index (χ0v) is 8.00. The molecule has 2 aliphatic rings. The normalized spacial score (nSPS) is 28.5. The molecule has 2 aliphatic carbocycles. The van der Waals surface area contributed by atoms with Crippen LogP contribution in [0.4, 0.5) is 0 Å². The molecule has 14 heavy (non-hydrogen) atoms. The number of carbonyl (C=O) groups is 1. The van der Waals surface area contributed by atoms with E-state index in [-0.39, 0.29) is 11.7 Å². The summed E-state index contributed by atoms with van der Waals surface area (Å²) in [5.74, 6) is 0.0184. The SMILES string of the molecule is CC1=C2C(=O)CC[C@@H]2C(C#N)(C#N)C1. The Balaban J connectivity index is 2.50. The average molecular weight is 186 g/mol. The van der Waals surface area contributed by atoms with E-state index in [1.54, 1.807) is 0 Å². The number of carbonyl (C=O) groups excluding carboxylic acids is 1. The zero-order valence-electron chi connectivity index (χ0n) is 8.00. The van der Waals surface area contributed by atoms with Crippen LogP contribution in [0.2, 0.25) is 0 Å². The lowest BCUT2D eigenvalue weighted by Gasteiger charge is -2.18. The van der Waals surface area contributed by atoms with Crippen LogP contribution in [0.3, 0.4) is 0 Å². The third-order valence-electron chi connectivity index (χ3n) is 3.31. The fraction of sp³-hybridized carbons (Fsp3) is 0.545. The molecule has 0 amide bonds. The van der Waals surface area contributed by atoms with Gasteiger partial charge in [-0.1, -0.05) is 5.57 Å². The molecular formula is C11H10N2O. The van der Waals surface area contributed by atoms with Crippen LogP contribution < -0.4 is 0 Å². The van der Waals surface area contributed by atoms with Crippen LogP contribution in [-0.4, -0.2) is 5.78 Å². The van der Waals surface area contributed by atoms with Gasteiger partial charge in [0.15, 0.2) is 11.2 Å². The minimum Gasteiger partial charge on any atom is -0.295 e. The summed E-state index contributed by atoms with van der Waals surface area (Å²) in [4.78, 5) is 11.5. The second-order valence-corrected chi connectivity index (χ2v) is 4.08. The fourth-order valence-corrected chi connectivity index (χ4v) is 2.67. The van der Waals surface area contributed by atoms with Crippen molar-refractivity contribution < 1.29 is 4.79 Å². The molecule has 0 unspecified atom stereocenters. The molecule has 3 heteroatoms. The molecule has 1 saturated carbocycles. The minimum atomic E-state index is -0.953. The predicted octanol–water partition coefficient (Wildman–Crippen LogP) is 1.72. The second kappa shape index (κ2) is 2.69. The molecule has 3 nitrogen and oxygen atoms in total. The average Bonchev–Trinajstić information content (AvgIpc) is 2.68. The first-order valence-electron chi connectivity index (χ1n) is 4.70. The summed E-state index contributed by atoms with van der Waals surface area (Å²) in [5.41, 5.74) is 0.764. The topological polar surface area (TPSA) is 64.7 Å². The van der Waals surface area contributed by atoms with E-state index >= 15 is 0 Å². The van der Waals surface area contributed by atoms with Crippen molar-refractivity contribution in [2.45, 2.75) is 26.2 Å². The molecule has 70 valence electrons. The monoisotopic (exact) mass is 186 g/mol. The molecule has 0 aromatic heterocycles. The van der Waals surface area contributed by atoms with E-state index < -0.39 is 5.41 Å². The highest BCUT2D eigenvalue weighted by atomic mass is 16.1. The number of rotatable bonds is 0. The highest BCUT2D eigenvalue weighted by Crippen LogP contribution is 2.52. The largest absolute Gasteiger partial charge is 0.295 e. The maximum atomic E-state index is 11.5. The van der Waals surface area contributed by atoms with Gasteiger partial charge in [0.1, 0.15) is 0 Å². The van der Waals surface area contributed by atoms with Crippen molar-refractivity contribution in [1.29, 1.82) is 10.5 Å². The maximum Gasteiger partial charge on any atom is 0.159 e. The molecule has 0 radical (unpaired) electrons. The predicted molar refractivity (Wildman–Crippen MR) is 48.7 cm³/mol. The number of nitriles is 2. The first-order chi connectivity index (χ1) is 6.64. The summed E-state index contributed by atoms with van der Waals surface area (Å²) in [7, 11) is 0. The lowest BCUT2D eigenvalue weighted by molar-refractivity contribution is -0.114. The Bertz CT molecular complexity index is 406. The molecule has 0 aliphatic heterocycles. The van der Waals surface area contributed by atoms with Gasteiger partial charge < -0.3 is 0 Å². The lowest BCUT2D eigenvalue weighted by Crippen LogP contribution is -2.22. The van der Waals surface area contributed by atoms with Crippen molar-refractivity contribution in [2.24, 2.45) is 11.3 Å². The Morgan fingerprint density at radius 1 is 1.43 bits per heavy atom. The number of Topliss-reactive ketones (excluding diaryl/α,β-unsaturated/α-hetero) is 1. The van der Waals surface area contributed by atoms with Crippen LogP contribution >= 0.6 is 0 Å². The van der Waals surface area contributed by atoms with E-state index in [1.807, 2.05) is 6.92 Å². The van der Waals surface area contributed by atoms with Crippen LogP contribution in [0.25, 0.3) is 0 Å². The Morgan fingerprint density at radius 2 is 2.07 bits per heavy atom. The van der Waals surface area contributed by atoms with E-state index in [2.05, 4.69) is 12.1 Å². The van der Waals surface area contributed by atoms with Crippen LogP contribution in [0.15, 0.2) is 11.1 Å². The minimum absolute atomic E-state index is 0.120. The molecule has 2 rings (SSSR count). The van der Waals surface area contributed by atoms with Gasteiger partial charge in [-0.2, -0.15) is 10.5 Å². The van der Waals surface area contributed by atoms with Gasteiger partial charge in [-0.3, -0.25) is 4.79 Å². The summed E-state index contributed by atoms with van der Waals surface area (Å²) in [6.07, 6.45) is 1.63. The molecule has 0 heterocycles. The molecule has 0 N–H and O–H groups in total. The Hall–Kier alpha value is -1.61. The van der Waals surface area contributed by atoms with Gasteiger partial charge in [0.25, 0.3) is 0 Å². The van der Waals surface area contributed by atoms with Crippen molar-refractivity contribution in [3.05, 3.63) is 11.1 Å². The van der Waals surface area contributed by atoms with Gasteiger partial charge >= 0.3 is 0 Å².